The molecule has 0 radical (unpaired) electrons. The molecule has 0 aromatic rings. The first kappa shape index (κ1) is 18.2. The lowest BCUT2D eigenvalue weighted by Crippen LogP contribution is -2.67. The fourth-order valence-corrected chi connectivity index (χ4v) is 2.27. The Morgan fingerprint density at radius 2 is 2.10 bits per heavy atom. The van der Waals surface area contributed by atoms with Crippen LogP contribution in [0.3, 0.4) is 0 Å². The smallest absolute Gasteiger partial charge is 0.364 e. The van der Waals surface area contributed by atoms with Crippen LogP contribution in [-0.4, -0.2) is 84.4 Å². The molecule has 0 amide bonds. The number of carbonyl (C=O) groups is 1. The Kier molecular flexibility index (Phi) is 5.99. The zero-order valence-electron chi connectivity index (χ0n) is 11.2. The van der Waals surface area contributed by atoms with Crippen LogP contribution < -0.4 is 5.32 Å². The highest BCUT2D eigenvalue weighted by Crippen LogP contribution is 2.30. The fraction of sp³-hybridized carbons (Fsp3) is 0.818. The average molecular weight is 325 g/mol. The number of carboxylic acids is 1. The number of thiocarbonyl (C=S) groups is 1. The molecule has 1 fully saturated rings. The largest absolute Gasteiger partial charge is 0.477 e. The minimum absolute atomic E-state index is 0.235. The Morgan fingerprint density at radius 1 is 1.52 bits per heavy atom. The Labute approximate surface area is 125 Å². The number of aliphatic hydroxyl groups is 5. The molecule has 0 unspecified atom stereocenters. The van der Waals surface area contributed by atoms with Crippen LogP contribution in [0.1, 0.15) is 13.3 Å². The summed E-state index contributed by atoms with van der Waals surface area (Å²) in [6, 6.07) is -1.06. The Balaban J connectivity index is 3.07. The van der Waals surface area contributed by atoms with Gasteiger partial charge in [-0.15, -0.1) is 0 Å². The van der Waals surface area contributed by atoms with E-state index in [-0.39, 0.29) is 4.99 Å². The van der Waals surface area contributed by atoms with E-state index in [1.165, 1.54) is 6.92 Å². The molecule has 1 aliphatic rings. The van der Waals surface area contributed by atoms with Crippen LogP contribution in [0.4, 0.5) is 0 Å². The van der Waals surface area contributed by atoms with Crippen molar-refractivity contribution in [2.45, 2.75) is 49.6 Å². The minimum atomic E-state index is -2.71. The highest BCUT2D eigenvalue weighted by Gasteiger charge is 2.53. The van der Waals surface area contributed by atoms with Gasteiger partial charge in [0.2, 0.25) is 0 Å². The van der Waals surface area contributed by atoms with E-state index in [0.717, 1.165) is 0 Å². The molecule has 0 bridgehead atoms. The van der Waals surface area contributed by atoms with Crippen molar-refractivity contribution >= 4 is 23.2 Å². The Bertz CT molecular complexity index is 408. The predicted molar refractivity (Wildman–Crippen MR) is 72.4 cm³/mol. The maximum absolute atomic E-state index is 11.0. The molecule has 0 spiro atoms. The average Bonchev–Trinajstić information content (AvgIpc) is 2.39. The van der Waals surface area contributed by atoms with Crippen molar-refractivity contribution in [3.05, 3.63) is 0 Å². The number of aliphatic carboxylic acids is 1. The first-order chi connectivity index (χ1) is 9.62. The van der Waals surface area contributed by atoms with Crippen molar-refractivity contribution in [2.75, 3.05) is 6.61 Å². The fourth-order valence-electron chi connectivity index (χ4n) is 2.14. The summed E-state index contributed by atoms with van der Waals surface area (Å²) in [5, 5.41) is 59.7. The molecule has 0 aromatic heterocycles. The molecular weight excluding hydrogens is 306 g/mol. The van der Waals surface area contributed by atoms with E-state index in [1.807, 2.05) is 0 Å². The summed E-state index contributed by atoms with van der Waals surface area (Å²) < 4.78 is 4.96. The SMILES string of the molecule is CC(=S)N[C@H]1[C@H]([C@H](O)[C@H](O)CO)O[C@](O)(C(=O)O)C[C@@H]1O. The predicted octanol–water partition coefficient (Wildman–Crippen LogP) is -3.07. The molecule has 1 heterocycles. The van der Waals surface area contributed by atoms with Crippen LogP contribution in [0.5, 0.6) is 0 Å². The summed E-state index contributed by atoms with van der Waals surface area (Å²) in [5.74, 6) is -4.46. The lowest BCUT2D eigenvalue weighted by Gasteiger charge is -2.44. The highest BCUT2D eigenvalue weighted by atomic mass is 32.1. The molecule has 7 N–H and O–H groups in total. The number of hydrogen-bond donors (Lipinski definition) is 7. The lowest BCUT2D eigenvalue weighted by atomic mass is 9.88. The van der Waals surface area contributed by atoms with Gasteiger partial charge in [0.05, 0.1) is 23.7 Å². The molecule has 1 aliphatic heterocycles. The number of rotatable bonds is 5. The van der Waals surface area contributed by atoms with Gasteiger partial charge in [-0.25, -0.2) is 4.79 Å². The normalized spacial score (nSPS) is 35.8. The molecule has 122 valence electrons. The van der Waals surface area contributed by atoms with E-state index in [0.29, 0.717) is 0 Å². The van der Waals surface area contributed by atoms with Crippen LogP contribution in [-0.2, 0) is 9.53 Å². The molecular formula is C11H19NO8S. The van der Waals surface area contributed by atoms with E-state index in [9.17, 15) is 25.2 Å². The zero-order chi connectivity index (χ0) is 16.4. The number of nitrogens with one attached hydrogen (secondary N) is 1. The van der Waals surface area contributed by atoms with E-state index >= 15 is 0 Å². The van der Waals surface area contributed by atoms with E-state index < -0.39 is 55.2 Å². The first-order valence-corrected chi connectivity index (χ1v) is 6.59. The van der Waals surface area contributed by atoms with Gasteiger partial charge in [-0.3, -0.25) is 0 Å². The molecule has 10 heteroatoms. The summed E-state index contributed by atoms with van der Waals surface area (Å²) in [4.78, 5) is 11.3. The standard InChI is InChI=1S/C11H19NO8S/c1-4(21)12-7-5(14)2-11(19,10(17)18)20-9(7)8(16)6(15)3-13/h5-9,13-16,19H,2-3H2,1H3,(H,12,21)(H,17,18)/t5-,6+,7+,8+,9+,11-/m0/s1. The number of ether oxygens (including phenoxy) is 1. The van der Waals surface area contributed by atoms with Gasteiger partial charge in [0.1, 0.15) is 18.3 Å². The molecule has 0 aliphatic carbocycles. The molecule has 9 nitrogen and oxygen atoms in total. The monoisotopic (exact) mass is 325 g/mol. The van der Waals surface area contributed by atoms with Crippen LogP contribution in [0, 0.1) is 0 Å². The van der Waals surface area contributed by atoms with E-state index in [4.69, 9.17) is 27.2 Å². The minimum Gasteiger partial charge on any atom is -0.477 e. The van der Waals surface area contributed by atoms with Gasteiger partial charge >= 0.3 is 5.97 Å². The maximum Gasteiger partial charge on any atom is 0.364 e. The number of carboxylic acid groups (broad SMARTS) is 1. The van der Waals surface area contributed by atoms with Crippen molar-refractivity contribution in [3.63, 3.8) is 0 Å². The zero-order valence-corrected chi connectivity index (χ0v) is 12.0. The third-order valence-corrected chi connectivity index (χ3v) is 3.33. The van der Waals surface area contributed by atoms with Crippen LogP contribution in [0.15, 0.2) is 0 Å². The van der Waals surface area contributed by atoms with Gasteiger partial charge in [0.25, 0.3) is 5.79 Å². The van der Waals surface area contributed by atoms with Crippen LogP contribution in [0.25, 0.3) is 0 Å². The summed E-state index contributed by atoms with van der Waals surface area (Å²) in [6.45, 7) is 0.678. The van der Waals surface area contributed by atoms with Crippen molar-refractivity contribution in [2.24, 2.45) is 0 Å². The van der Waals surface area contributed by atoms with Crippen molar-refractivity contribution in [1.29, 1.82) is 0 Å². The molecule has 0 aromatic carbocycles. The van der Waals surface area contributed by atoms with E-state index in [1.54, 1.807) is 0 Å². The van der Waals surface area contributed by atoms with Crippen molar-refractivity contribution < 1.29 is 40.2 Å². The third-order valence-electron chi connectivity index (χ3n) is 3.21. The van der Waals surface area contributed by atoms with E-state index in [2.05, 4.69) is 5.32 Å². The van der Waals surface area contributed by atoms with Gasteiger partial charge in [0, 0.05) is 6.42 Å². The molecule has 0 saturated carbocycles. The molecule has 6 atom stereocenters. The summed E-state index contributed by atoms with van der Waals surface area (Å²) >= 11 is 4.82. The molecule has 1 rings (SSSR count). The number of aliphatic hydroxyl groups excluding tert-OH is 4. The lowest BCUT2D eigenvalue weighted by molar-refractivity contribution is -0.294. The highest BCUT2D eigenvalue weighted by molar-refractivity contribution is 7.80. The molecule has 21 heavy (non-hydrogen) atoms. The molecule has 1 saturated heterocycles. The van der Waals surface area contributed by atoms with Gasteiger partial charge in [-0.2, -0.15) is 0 Å². The van der Waals surface area contributed by atoms with Gasteiger partial charge in [-0.1, -0.05) is 12.2 Å². The van der Waals surface area contributed by atoms with Crippen LogP contribution >= 0.6 is 12.2 Å². The topological polar surface area (TPSA) is 160 Å². The second-order valence-electron chi connectivity index (χ2n) is 4.91. The Hall–Kier alpha value is -0.880. The maximum atomic E-state index is 11.0. The second-order valence-corrected chi connectivity index (χ2v) is 5.52. The summed E-state index contributed by atoms with van der Waals surface area (Å²) in [5.41, 5.74) is 0. The number of hydrogen-bond acceptors (Lipinski definition) is 8. The second kappa shape index (κ2) is 6.92. The summed E-state index contributed by atoms with van der Waals surface area (Å²) in [6.07, 6.45) is -6.96. The Morgan fingerprint density at radius 3 is 2.52 bits per heavy atom. The third kappa shape index (κ3) is 4.07. The van der Waals surface area contributed by atoms with Crippen LogP contribution in [0.2, 0.25) is 0 Å². The van der Waals surface area contributed by atoms with Crippen molar-refractivity contribution in [3.8, 4) is 0 Å². The first-order valence-electron chi connectivity index (χ1n) is 6.18. The quantitative estimate of drug-likeness (QED) is 0.258. The van der Waals surface area contributed by atoms with Crippen molar-refractivity contribution in [1.82, 2.24) is 5.32 Å². The summed E-state index contributed by atoms with van der Waals surface area (Å²) in [7, 11) is 0. The van der Waals surface area contributed by atoms with Gasteiger partial charge in [0.15, 0.2) is 0 Å². The van der Waals surface area contributed by atoms with Gasteiger partial charge < -0.3 is 40.7 Å². The van der Waals surface area contributed by atoms with Gasteiger partial charge in [-0.05, 0) is 6.92 Å².